The number of carbonyl (C=O) groups excluding carboxylic acids is 2. The third-order valence-electron chi connectivity index (χ3n) is 5.55. The van der Waals surface area contributed by atoms with E-state index in [2.05, 4.69) is 12.2 Å². The van der Waals surface area contributed by atoms with Crippen LogP contribution in [0.15, 0.2) is 18.2 Å². The smallest absolute Gasteiger partial charge is 0.338 e. The molecule has 3 rings (SSSR count). The highest BCUT2D eigenvalue weighted by Gasteiger charge is 2.25. The van der Waals surface area contributed by atoms with Crippen molar-refractivity contribution >= 4 is 23.3 Å². The van der Waals surface area contributed by atoms with Gasteiger partial charge in [-0.1, -0.05) is 19.8 Å². The number of ether oxygens (including phenoxy) is 2. The van der Waals surface area contributed by atoms with Crippen LogP contribution in [0.1, 0.15) is 43.0 Å². The van der Waals surface area contributed by atoms with Gasteiger partial charge < -0.3 is 19.7 Å². The molecular formula is C20H27N3O6. The summed E-state index contributed by atoms with van der Waals surface area (Å²) in [6.07, 6.45) is 4.25. The van der Waals surface area contributed by atoms with Gasteiger partial charge in [0.05, 0.1) is 23.7 Å². The normalized spacial score (nSPS) is 22.0. The van der Waals surface area contributed by atoms with E-state index in [4.69, 9.17) is 9.47 Å². The quantitative estimate of drug-likeness (QED) is 0.439. The molecule has 0 spiro atoms. The molecule has 1 heterocycles. The fourth-order valence-corrected chi connectivity index (χ4v) is 3.86. The number of rotatable bonds is 6. The van der Waals surface area contributed by atoms with Gasteiger partial charge in [0.15, 0.2) is 6.61 Å². The fraction of sp³-hybridized carbons (Fsp3) is 0.600. The number of nitrogens with zero attached hydrogens (tertiary/aromatic N) is 2. The van der Waals surface area contributed by atoms with Gasteiger partial charge in [-0.05, 0) is 30.9 Å². The lowest BCUT2D eigenvalue weighted by Gasteiger charge is -2.29. The van der Waals surface area contributed by atoms with Gasteiger partial charge in [-0.3, -0.25) is 14.9 Å². The summed E-state index contributed by atoms with van der Waals surface area (Å²) >= 11 is 0. The van der Waals surface area contributed by atoms with E-state index < -0.39 is 17.5 Å². The lowest BCUT2D eigenvalue weighted by Crippen LogP contribution is -2.42. The van der Waals surface area contributed by atoms with Crippen molar-refractivity contribution in [3.05, 3.63) is 33.9 Å². The Morgan fingerprint density at radius 2 is 2.00 bits per heavy atom. The number of hydrogen-bond acceptors (Lipinski definition) is 7. The molecular weight excluding hydrogens is 378 g/mol. The van der Waals surface area contributed by atoms with Crippen LogP contribution in [0.2, 0.25) is 0 Å². The van der Waals surface area contributed by atoms with Crippen molar-refractivity contribution < 1.29 is 24.0 Å². The lowest BCUT2D eigenvalue weighted by atomic mass is 9.86. The van der Waals surface area contributed by atoms with Gasteiger partial charge in [0.2, 0.25) is 0 Å². The Kier molecular flexibility index (Phi) is 7.03. The van der Waals surface area contributed by atoms with E-state index >= 15 is 0 Å². The SMILES string of the molecule is C[C@@H]1CCCC[C@H]1NC(=O)COC(=O)c1ccc(N2CCOCC2)c([N+](=O)[O-])c1. The molecule has 29 heavy (non-hydrogen) atoms. The Hall–Kier alpha value is -2.68. The molecule has 1 aliphatic carbocycles. The summed E-state index contributed by atoms with van der Waals surface area (Å²) in [7, 11) is 0. The monoisotopic (exact) mass is 405 g/mol. The zero-order chi connectivity index (χ0) is 20.8. The highest BCUT2D eigenvalue weighted by atomic mass is 16.6. The topological polar surface area (TPSA) is 111 Å². The summed E-state index contributed by atoms with van der Waals surface area (Å²) in [5.41, 5.74) is 0.327. The van der Waals surface area contributed by atoms with Crippen LogP contribution < -0.4 is 10.2 Å². The second-order valence-corrected chi connectivity index (χ2v) is 7.57. The number of nitro benzene ring substituents is 1. The molecule has 9 nitrogen and oxygen atoms in total. The van der Waals surface area contributed by atoms with Crippen molar-refractivity contribution in [3.63, 3.8) is 0 Å². The molecule has 1 N–H and O–H groups in total. The Morgan fingerprint density at radius 1 is 1.28 bits per heavy atom. The number of hydrogen-bond donors (Lipinski definition) is 1. The van der Waals surface area contributed by atoms with Crippen molar-refractivity contribution in [1.29, 1.82) is 0 Å². The summed E-state index contributed by atoms with van der Waals surface area (Å²) in [5, 5.41) is 14.4. The van der Waals surface area contributed by atoms with E-state index in [-0.39, 0.29) is 23.2 Å². The second kappa shape index (κ2) is 9.69. The maximum Gasteiger partial charge on any atom is 0.338 e. The van der Waals surface area contributed by atoms with Crippen LogP contribution in [0.25, 0.3) is 0 Å². The number of carbonyl (C=O) groups is 2. The molecule has 1 aromatic rings. The molecule has 1 saturated carbocycles. The van der Waals surface area contributed by atoms with E-state index in [1.807, 2.05) is 4.90 Å². The summed E-state index contributed by atoms with van der Waals surface area (Å²) in [4.78, 5) is 37.3. The first-order valence-electron chi connectivity index (χ1n) is 10.0. The van der Waals surface area contributed by atoms with Gasteiger partial charge in [0.25, 0.3) is 11.6 Å². The van der Waals surface area contributed by atoms with Crippen molar-refractivity contribution in [2.45, 2.75) is 38.6 Å². The molecule has 2 fully saturated rings. The lowest BCUT2D eigenvalue weighted by molar-refractivity contribution is -0.384. The average Bonchev–Trinajstić information content (AvgIpc) is 2.74. The predicted molar refractivity (Wildman–Crippen MR) is 106 cm³/mol. The molecule has 0 radical (unpaired) electrons. The van der Waals surface area contributed by atoms with Crippen LogP contribution in [0, 0.1) is 16.0 Å². The first-order chi connectivity index (χ1) is 14.0. The van der Waals surface area contributed by atoms with E-state index in [1.165, 1.54) is 18.6 Å². The van der Waals surface area contributed by atoms with E-state index in [9.17, 15) is 19.7 Å². The number of benzene rings is 1. The van der Waals surface area contributed by atoms with Gasteiger partial charge in [0, 0.05) is 25.2 Å². The Bertz CT molecular complexity index is 763. The molecule has 1 aliphatic heterocycles. The highest BCUT2D eigenvalue weighted by Crippen LogP contribution is 2.30. The maximum absolute atomic E-state index is 12.3. The Balaban J connectivity index is 1.60. The zero-order valence-corrected chi connectivity index (χ0v) is 16.6. The Labute approximate surface area is 169 Å². The van der Waals surface area contributed by atoms with Gasteiger partial charge in [0.1, 0.15) is 5.69 Å². The third-order valence-corrected chi connectivity index (χ3v) is 5.55. The molecule has 0 bridgehead atoms. The second-order valence-electron chi connectivity index (χ2n) is 7.57. The van der Waals surface area contributed by atoms with Crippen LogP contribution in [0.3, 0.4) is 0 Å². The summed E-state index contributed by atoms with van der Waals surface area (Å²) < 4.78 is 10.4. The minimum Gasteiger partial charge on any atom is -0.452 e. The van der Waals surface area contributed by atoms with Crippen LogP contribution in [-0.2, 0) is 14.3 Å². The van der Waals surface area contributed by atoms with E-state index in [1.54, 1.807) is 6.07 Å². The van der Waals surface area contributed by atoms with Gasteiger partial charge in [-0.25, -0.2) is 4.79 Å². The first kappa shape index (κ1) is 21.0. The third kappa shape index (κ3) is 5.44. The number of esters is 1. The molecule has 2 atom stereocenters. The highest BCUT2D eigenvalue weighted by molar-refractivity contribution is 5.93. The number of nitrogens with one attached hydrogen (secondary N) is 1. The first-order valence-corrected chi connectivity index (χ1v) is 10.0. The van der Waals surface area contributed by atoms with Gasteiger partial charge in [-0.15, -0.1) is 0 Å². The molecule has 158 valence electrons. The molecule has 1 aromatic carbocycles. The number of amides is 1. The van der Waals surface area contributed by atoms with E-state index in [0.29, 0.717) is 37.9 Å². The number of nitro groups is 1. The van der Waals surface area contributed by atoms with Crippen LogP contribution in [0.5, 0.6) is 0 Å². The zero-order valence-electron chi connectivity index (χ0n) is 16.6. The average molecular weight is 405 g/mol. The summed E-state index contributed by atoms with van der Waals surface area (Å²) in [6, 6.07) is 4.34. The van der Waals surface area contributed by atoms with Crippen LogP contribution >= 0.6 is 0 Å². The van der Waals surface area contributed by atoms with Crippen molar-refractivity contribution in [1.82, 2.24) is 5.32 Å². The van der Waals surface area contributed by atoms with Crippen molar-refractivity contribution in [3.8, 4) is 0 Å². The van der Waals surface area contributed by atoms with E-state index in [0.717, 1.165) is 19.3 Å². The molecule has 0 unspecified atom stereocenters. The predicted octanol–water partition coefficient (Wildman–Crippen LogP) is 2.28. The molecule has 9 heteroatoms. The summed E-state index contributed by atoms with van der Waals surface area (Å²) in [5.74, 6) is -0.705. The molecule has 1 saturated heterocycles. The van der Waals surface area contributed by atoms with Crippen molar-refractivity contribution in [2.24, 2.45) is 5.92 Å². The number of anilines is 1. The molecule has 0 aromatic heterocycles. The largest absolute Gasteiger partial charge is 0.452 e. The minimum absolute atomic E-state index is 0.0487. The number of morpholine rings is 1. The van der Waals surface area contributed by atoms with Gasteiger partial charge in [-0.2, -0.15) is 0 Å². The van der Waals surface area contributed by atoms with Crippen LogP contribution in [0.4, 0.5) is 11.4 Å². The van der Waals surface area contributed by atoms with Crippen LogP contribution in [-0.4, -0.2) is 55.8 Å². The maximum atomic E-state index is 12.3. The minimum atomic E-state index is -0.756. The molecule has 2 aliphatic rings. The standard InChI is InChI=1S/C20H27N3O6/c1-14-4-2-3-5-16(14)21-19(24)13-29-20(25)15-6-7-17(18(12-15)23(26)27)22-8-10-28-11-9-22/h6-7,12,14,16H,2-5,8-11,13H2,1H3,(H,21,24)/t14-,16-/m1/s1. The van der Waals surface area contributed by atoms with Crippen molar-refractivity contribution in [2.75, 3.05) is 37.8 Å². The molecule has 1 amide bonds. The summed E-state index contributed by atoms with van der Waals surface area (Å²) in [6.45, 7) is 3.78. The fourth-order valence-electron chi connectivity index (χ4n) is 3.86. The van der Waals surface area contributed by atoms with Gasteiger partial charge >= 0.3 is 5.97 Å². The Morgan fingerprint density at radius 3 is 2.69 bits per heavy atom.